The summed E-state index contributed by atoms with van der Waals surface area (Å²) in [4.78, 5) is 0. The summed E-state index contributed by atoms with van der Waals surface area (Å²) in [6, 6.07) is 4.25. The van der Waals surface area contributed by atoms with E-state index in [1.807, 2.05) is 0 Å². The Labute approximate surface area is 73.2 Å². The molecule has 6 nitrogen and oxygen atoms in total. The van der Waals surface area contributed by atoms with Crippen molar-refractivity contribution in [3.63, 3.8) is 0 Å². The normalized spacial score (nSPS) is 14.0. The largest absolute Gasteiger partial charge is 0.504 e. The summed E-state index contributed by atoms with van der Waals surface area (Å²) in [5, 5.41) is 28.4. The lowest BCUT2D eigenvalue weighted by atomic mass is 10.2. The van der Waals surface area contributed by atoms with E-state index in [0.717, 1.165) is 0 Å². The summed E-state index contributed by atoms with van der Waals surface area (Å²) >= 11 is 0. The molecule has 0 aliphatic carbocycles. The van der Waals surface area contributed by atoms with Crippen molar-refractivity contribution in [1.82, 2.24) is 5.43 Å². The highest BCUT2D eigenvalue weighted by molar-refractivity contribution is 5.99. The number of hydrogen-bond donors (Lipinski definition) is 2. The van der Waals surface area contributed by atoms with Gasteiger partial charge in [0.25, 0.3) is 0 Å². The fraction of sp³-hybridized carbons (Fsp3) is 0. The Kier molecular flexibility index (Phi) is 1.59. The highest BCUT2D eigenvalue weighted by atomic mass is 16.3. The van der Waals surface area contributed by atoms with Gasteiger partial charge in [0, 0.05) is 5.56 Å². The first-order valence-electron chi connectivity index (χ1n) is 3.48. The molecule has 65 valence electrons. The van der Waals surface area contributed by atoms with Crippen LogP contribution in [-0.2, 0) is 0 Å². The van der Waals surface area contributed by atoms with Gasteiger partial charge in [-0.1, -0.05) is 0 Å². The van der Waals surface area contributed by atoms with Crippen molar-refractivity contribution < 1.29 is 10.2 Å². The van der Waals surface area contributed by atoms with Crippen LogP contribution < -0.4 is 5.43 Å². The average molecular weight is 177 g/mol. The molecule has 6 heteroatoms. The van der Waals surface area contributed by atoms with Crippen molar-refractivity contribution in [1.29, 1.82) is 0 Å². The summed E-state index contributed by atoms with van der Waals surface area (Å²) in [5.41, 5.74) is 4.15. The Bertz CT molecular complexity index is 399. The van der Waals surface area contributed by atoms with Crippen LogP contribution in [0.5, 0.6) is 11.5 Å². The number of nitrogens with zero attached hydrogens (tertiary/aromatic N) is 4. The molecule has 1 aromatic rings. The van der Waals surface area contributed by atoms with Crippen LogP contribution in [0.15, 0.2) is 33.7 Å². The maximum atomic E-state index is 9.15. The average Bonchev–Trinajstić information content (AvgIpc) is 2.62. The Morgan fingerprint density at radius 3 is 2.46 bits per heavy atom. The van der Waals surface area contributed by atoms with Crippen molar-refractivity contribution in [2.24, 2.45) is 15.5 Å². The van der Waals surface area contributed by atoms with Crippen molar-refractivity contribution >= 4 is 5.84 Å². The minimum Gasteiger partial charge on any atom is -0.504 e. The summed E-state index contributed by atoms with van der Waals surface area (Å²) in [7, 11) is 0. The van der Waals surface area contributed by atoms with Crippen molar-refractivity contribution in [3.8, 4) is 11.5 Å². The fourth-order valence-corrected chi connectivity index (χ4v) is 0.923. The Hall–Kier alpha value is -2.11. The maximum absolute atomic E-state index is 9.15. The van der Waals surface area contributed by atoms with Crippen LogP contribution in [-0.4, -0.2) is 16.0 Å². The van der Waals surface area contributed by atoms with Gasteiger partial charge in [0.05, 0.1) is 0 Å². The first-order valence-corrected chi connectivity index (χ1v) is 3.48. The summed E-state index contributed by atoms with van der Waals surface area (Å²) in [6.07, 6.45) is 0. The van der Waals surface area contributed by atoms with Gasteiger partial charge in [0.1, 0.15) is 0 Å². The summed E-state index contributed by atoms with van der Waals surface area (Å²) in [5.74, 6) is -0.0891. The second-order valence-electron chi connectivity index (χ2n) is 2.41. The van der Waals surface area contributed by atoms with E-state index in [9.17, 15) is 0 Å². The SMILES string of the molecule is Oc1ccc(C2=NN=N[N]2)cc1O. The van der Waals surface area contributed by atoms with Crippen LogP contribution in [0.4, 0.5) is 0 Å². The molecule has 0 amide bonds. The number of benzene rings is 1. The van der Waals surface area contributed by atoms with Gasteiger partial charge in [0.2, 0.25) is 5.84 Å². The molecule has 0 atom stereocenters. The third-order valence-electron chi connectivity index (χ3n) is 1.55. The molecule has 1 radical (unpaired) electrons. The predicted octanol–water partition coefficient (Wildman–Crippen LogP) is 0.745. The quantitative estimate of drug-likeness (QED) is 0.619. The number of amidine groups is 1. The fourth-order valence-electron chi connectivity index (χ4n) is 0.923. The molecule has 13 heavy (non-hydrogen) atoms. The summed E-state index contributed by atoms with van der Waals surface area (Å²) in [6.45, 7) is 0. The summed E-state index contributed by atoms with van der Waals surface area (Å²) < 4.78 is 0. The number of phenolic OH excluding ortho intramolecular Hbond substituents is 2. The number of hydrogen-bond acceptors (Lipinski definition) is 5. The molecular weight excluding hydrogens is 172 g/mol. The second kappa shape index (κ2) is 2.74. The molecule has 0 aromatic heterocycles. The van der Waals surface area contributed by atoms with E-state index >= 15 is 0 Å². The van der Waals surface area contributed by atoms with E-state index in [0.29, 0.717) is 11.4 Å². The van der Waals surface area contributed by atoms with E-state index in [1.54, 1.807) is 6.07 Å². The molecule has 2 N–H and O–H groups in total. The van der Waals surface area contributed by atoms with E-state index in [1.165, 1.54) is 12.1 Å². The van der Waals surface area contributed by atoms with Gasteiger partial charge in [-0.25, -0.2) is 0 Å². The highest BCUT2D eigenvalue weighted by Gasteiger charge is 2.11. The highest BCUT2D eigenvalue weighted by Crippen LogP contribution is 2.25. The van der Waals surface area contributed by atoms with Crippen LogP contribution in [0.2, 0.25) is 0 Å². The van der Waals surface area contributed by atoms with Crippen molar-refractivity contribution in [2.75, 3.05) is 0 Å². The molecule has 0 unspecified atom stereocenters. The maximum Gasteiger partial charge on any atom is 0.207 e. The van der Waals surface area contributed by atoms with Crippen molar-refractivity contribution in [2.45, 2.75) is 0 Å². The van der Waals surface area contributed by atoms with E-state index in [-0.39, 0.29) is 11.5 Å². The molecular formula is C7H5N4O2. The van der Waals surface area contributed by atoms with Gasteiger partial charge in [0.15, 0.2) is 11.5 Å². The van der Waals surface area contributed by atoms with Gasteiger partial charge in [-0.05, 0) is 28.6 Å². The number of aromatic hydroxyl groups is 2. The van der Waals surface area contributed by atoms with Gasteiger partial charge >= 0.3 is 0 Å². The van der Waals surface area contributed by atoms with Crippen LogP contribution >= 0.6 is 0 Å². The molecule has 0 fully saturated rings. The number of rotatable bonds is 1. The lowest BCUT2D eigenvalue weighted by molar-refractivity contribution is 0.403. The zero-order chi connectivity index (χ0) is 9.26. The Morgan fingerprint density at radius 1 is 1.00 bits per heavy atom. The molecule has 2 rings (SSSR count). The molecule has 1 heterocycles. The third-order valence-corrected chi connectivity index (χ3v) is 1.55. The first kappa shape index (κ1) is 7.53. The lowest BCUT2D eigenvalue weighted by Crippen LogP contribution is -2.07. The van der Waals surface area contributed by atoms with Crippen LogP contribution in [0.25, 0.3) is 0 Å². The van der Waals surface area contributed by atoms with Crippen LogP contribution in [0, 0.1) is 0 Å². The minimum absolute atomic E-state index is 0.184. The van der Waals surface area contributed by atoms with E-state index < -0.39 is 0 Å². The van der Waals surface area contributed by atoms with E-state index in [2.05, 4.69) is 21.0 Å². The monoisotopic (exact) mass is 177 g/mol. The second-order valence-corrected chi connectivity index (χ2v) is 2.41. The molecule has 1 aromatic carbocycles. The molecule has 0 saturated heterocycles. The standard InChI is InChI=1S/C7H5N4O2/c12-5-2-1-4(3-6(5)13)7-8-10-11-9-7/h1-3,12-13H. The zero-order valence-corrected chi connectivity index (χ0v) is 6.42. The molecule has 0 spiro atoms. The van der Waals surface area contributed by atoms with E-state index in [4.69, 9.17) is 10.2 Å². The zero-order valence-electron chi connectivity index (χ0n) is 6.42. The molecule has 0 bridgehead atoms. The smallest absolute Gasteiger partial charge is 0.207 e. The van der Waals surface area contributed by atoms with Gasteiger partial charge in [-0.3, -0.25) is 0 Å². The molecule has 0 saturated carbocycles. The first-order chi connectivity index (χ1) is 6.27. The van der Waals surface area contributed by atoms with Crippen LogP contribution in [0.3, 0.4) is 0 Å². The lowest BCUT2D eigenvalue weighted by Gasteiger charge is -1.99. The Balaban J connectivity index is 2.37. The van der Waals surface area contributed by atoms with Gasteiger partial charge < -0.3 is 10.2 Å². The van der Waals surface area contributed by atoms with Crippen molar-refractivity contribution in [3.05, 3.63) is 23.8 Å². The van der Waals surface area contributed by atoms with Gasteiger partial charge in [-0.15, -0.1) is 10.5 Å². The molecule has 1 aliphatic rings. The topological polar surface area (TPSA) is 91.6 Å². The number of phenols is 2. The minimum atomic E-state index is -0.220. The molecule has 1 aliphatic heterocycles. The van der Waals surface area contributed by atoms with Crippen LogP contribution in [0.1, 0.15) is 5.56 Å². The van der Waals surface area contributed by atoms with Gasteiger partial charge in [-0.2, -0.15) is 0 Å². The third kappa shape index (κ3) is 1.28. The Morgan fingerprint density at radius 2 is 1.85 bits per heavy atom. The predicted molar refractivity (Wildman–Crippen MR) is 43.3 cm³/mol.